The average molecular weight is 456 g/mol. The lowest BCUT2D eigenvalue weighted by Crippen LogP contribution is -2.33. The Labute approximate surface area is 189 Å². The summed E-state index contributed by atoms with van der Waals surface area (Å²) in [7, 11) is 1.79. The van der Waals surface area contributed by atoms with E-state index in [4.69, 9.17) is 16.3 Å². The molecule has 160 valence electrons. The number of carbonyl (C=O) groups is 2. The summed E-state index contributed by atoms with van der Waals surface area (Å²) in [6, 6.07) is 12.9. The number of halogens is 1. The van der Waals surface area contributed by atoms with Crippen LogP contribution in [0.4, 0.5) is 10.8 Å². The molecule has 6 nitrogen and oxygen atoms in total. The number of ether oxygens (including phenoxy) is 1. The summed E-state index contributed by atoms with van der Waals surface area (Å²) in [5.41, 5.74) is 3.01. The van der Waals surface area contributed by atoms with E-state index in [1.165, 1.54) is 11.3 Å². The number of rotatable bonds is 6. The Kier molecular flexibility index (Phi) is 5.73. The number of benzene rings is 2. The van der Waals surface area contributed by atoms with Crippen LogP contribution in [0.5, 0.6) is 5.75 Å². The van der Waals surface area contributed by atoms with Gasteiger partial charge >= 0.3 is 0 Å². The Morgan fingerprint density at radius 1 is 1.23 bits per heavy atom. The first-order valence-electron chi connectivity index (χ1n) is 9.82. The first-order chi connectivity index (χ1) is 14.8. The van der Waals surface area contributed by atoms with Crippen LogP contribution >= 0.6 is 22.9 Å². The number of anilines is 2. The number of aromatic nitrogens is 1. The van der Waals surface area contributed by atoms with Crippen LogP contribution in [0.1, 0.15) is 25.8 Å². The highest BCUT2D eigenvalue weighted by atomic mass is 35.5. The maximum atomic E-state index is 12.5. The van der Waals surface area contributed by atoms with E-state index >= 15 is 0 Å². The number of amides is 2. The van der Waals surface area contributed by atoms with Gasteiger partial charge in [-0.3, -0.25) is 9.59 Å². The maximum absolute atomic E-state index is 12.5. The minimum atomic E-state index is -0.572. The topological polar surface area (TPSA) is 71.5 Å². The van der Waals surface area contributed by atoms with Crippen molar-refractivity contribution in [1.82, 2.24) is 4.98 Å². The van der Waals surface area contributed by atoms with Crippen LogP contribution in [-0.4, -0.2) is 30.5 Å². The molecule has 0 saturated carbocycles. The van der Waals surface area contributed by atoms with Crippen LogP contribution in [0.25, 0.3) is 11.3 Å². The van der Waals surface area contributed by atoms with Crippen molar-refractivity contribution in [2.24, 2.45) is 0 Å². The van der Waals surface area contributed by atoms with Crippen molar-refractivity contribution in [3.05, 3.63) is 58.4 Å². The van der Waals surface area contributed by atoms with Gasteiger partial charge in [0.15, 0.2) is 5.13 Å². The van der Waals surface area contributed by atoms with Crippen molar-refractivity contribution >= 4 is 45.6 Å². The molecule has 1 aliphatic heterocycles. The maximum Gasteiger partial charge on any atom is 0.236 e. The third-order valence-corrected chi connectivity index (χ3v) is 6.34. The lowest BCUT2D eigenvalue weighted by molar-refractivity contribution is -0.121. The van der Waals surface area contributed by atoms with Crippen LogP contribution in [0, 0.1) is 0 Å². The lowest BCUT2D eigenvalue weighted by atomic mass is 9.85. The molecule has 0 aliphatic carbocycles. The van der Waals surface area contributed by atoms with Crippen LogP contribution in [0.2, 0.25) is 5.02 Å². The van der Waals surface area contributed by atoms with Gasteiger partial charge in [-0.25, -0.2) is 4.98 Å². The molecule has 0 fully saturated rings. The van der Waals surface area contributed by atoms with Gasteiger partial charge in [0.2, 0.25) is 11.8 Å². The van der Waals surface area contributed by atoms with E-state index in [1.807, 2.05) is 37.4 Å². The van der Waals surface area contributed by atoms with Gasteiger partial charge in [0.25, 0.3) is 0 Å². The SMILES string of the molecule is CN1C(=O)C(C)(C)c2cc(-c3csc(NC(=O)CCOc4ccc(Cl)cc4)n3)ccc21. The van der Waals surface area contributed by atoms with Crippen LogP contribution in [0.15, 0.2) is 47.8 Å². The summed E-state index contributed by atoms with van der Waals surface area (Å²) in [5, 5.41) is 5.87. The standard InChI is InChI=1S/C23H22ClN3O3S/c1-23(2)17-12-14(4-9-19(17)27(3)21(23)29)18-13-31-22(25-18)26-20(28)10-11-30-16-7-5-15(24)6-8-16/h4-9,12-13H,10-11H2,1-3H3,(H,25,26,28). The first-order valence-corrected chi connectivity index (χ1v) is 11.1. The molecule has 2 aromatic carbocycles. The van der Waals surface area contributed by atoms with Gasteiger partial charge in [-0.1, -0.05) is 17.7 Å². The number of carbonyl (C=O) groups excluding carboxylic acids is 2. The predicted octanol–water partition coefficient (Wildman–Crippen LogP) is 5.13. The molecule has 31 heavy (non-hydrogen) atoms. The molecule has 2 amide bonds. The Morgan fingerprint density at radius 2 is 1.97 bits per heavy atom. The zero-order chi connectivity index (χ0) is 22.2. The van der Waals surface area contributed by atoms with Crippen molar-refractivity contribution in [2.45, 2.75) is 25.7 Å². The second-order valence-electron chi connectivity index (χ2n) is 7.86. The molecule has 4 rings (SSSR count). The van der Waals surface area contributed by atoms with Crippen LogP contribution in [-0.2, 0) is 15.0 Å². The van der Waals surface area contributed by atoms with Gasteiger partial charge in [-0.15, -0.1) is 11.3 Å². The minimum absolute atomic E-state index is 0.0756. The molecule has 1 aliphatic rings. The summed E-state index contributed by atoms with van der Waals surface area (Å²) in [5.74, 6) is 0.571. The third kappa shape index (κ3) is 4.29. The van der Waals surface area contributed by atoms with Gasteiger partial charge < -0.3 is 15.0 Å². The number of thiazole rings is 1. The zero-order valence-electron chi connectivity index (χ0n) is 17.4. The fourth-order valence-corrected chi connectivity index (χ4v) is 4.43. The van der Waals surface area contributed by atoms with Gasteiger partial charge in [-0.2, -0.15) is 0 Å². The van der Waals surface area contributed by atoms with E-state index in [0.29, 0.717) is 15.9 Å². The fraction of sp³-hybridized carbons (Fsp3) is 0.261. The summed E-state index contributed by atoms with van der Waals surface area (Å²) >= 11 is 7.21. The summed E-state index contributed by atoms with van der Waals surface area (Å²) in [6.45, 7) is 4.12. The molecular weight excluding hydrogens is 434 g/mol. The van der Waals surface area contributed by atoms with E-state index in [2.05, 4.69) is 10.3 Å². The zero-order valence-corrected chi connectivity index (χ0v) is 19.0. The molecule has 0 radical (unpaired) electrons. The molecule has 0 saturated heterocycles. The number of nitrogens with zero attached hydrogens (tertiary/aromatic N) is 2. The van der Waals surface area contributed by atoms with Crippen molar-refractivity contribution in [1.29, 1.82) is 0 Å². The highest BCUT2D eigenvalue weighted by molar-refractivity contribution is 7.14. The van der Waals surface area contributed by atoms with E-state index in [9.17, 15) is 9.59 Å². The molecule has 3 aromatic rings. The molecule has 0 spiro atoms. The number of likely N-dealkylation sites (N-methyl/N-ethyl adjacent to an activating group) is 1. The fourth-order valence-electron chi connectivity index (χ4n) is 3.57. The molecule has 0 atom stereocenters. The monoisotopic (exact) mass is 455 g/mol. The van der Waals surface area contributed by atoms with Crippen LogP contribution < -0.4 is 15.0 Å². The molecule has 0 unspecified atom stereocenters. The van der Waals surface area contributed by atoms with Crippen molar-refractivity contribution in [3.63, 3.8) is 0 Å². The van der Waals surface area contributed by atoms with Crippen molar-refractivity contribution < 1.29 is 14.3 Å². The van der Waals surface area contributed by atoms with E-state index in [1.54, 1.807) is 36.2 Å². The second-order valence-corrected chi connectivity index (χ2v) is 9.15. The van der Waals surface area contributed by atoms with E-state index in [-0.39, 0.29) is 24.8 Å². The Hall–Kier alpha value is -2.90. The molecular formula is C23H22ClN3O3S. The third-order valence-electron chi connectivity index (χ3n) is 5.33. The summed E-state index contributed by atoms with van der Waals surface area (Å²) in [6.07, 6.45) is 0.207. The van der Waals surface area contributed by atoms with Crippen molar-refractivity contribution in [3.8, 4) is 17.0 Å². The van der Waals surface area contributed by atoms with E-state index < -0.39 is 5.41 Å². The van der Waals surface area contributed by atoms with Gasteiger partial charge in [0, 0.05) is 28.7 Å². The van der Waals surface area contributed by atoms with Crippen LogP contribution in [0.3, 0.4) is 0 Å². The molecule has 0 bridgehead atoms. The molecule has 1 N–H and O–H groups in total. The largest absolute Gasteiger partial charge is 0.493 e. The first kappa shape index (κ1) is 21.3. The average Bonchev–Trinajstić information content (AvgIpc) is 3.27. The van der Waals surface area contributed by atoms with E-state index in [0.717, 1.165) is 22.5 Å². The second kappa shape index (κ2) is 8.32. The molecule has 1 aromatic heterocycles. The molecule has 8 heteroatoms. The number of hydrogen-bond donors (Lipinski definition) is 1. The number of nitrogens with one attached hydrogen (secondary N) is 1. The number of hydrogen-bond acceptors (Lipinski definition) is 5. The smallest absolute Gasteiger partial charge is 0.236 e. The Morgan fingerprint density at radius 3 is 2.71 bits per heavy atom. The predicted molar refractivity (Wildman–Crippen MR) is 124 cm³/mol. The Balaban J connectivity index is 1.39. The van der Waals surface area contributed by atoms with Crippen molar-refractivity contribution in [2.75, 3.05) is 23.9 Å². The molecule has 2 heterocycles. The van der Waals surface area contributed by atoms with Gasteiger partial charge in [0.05, 0.1) is 24.1 Å². The quantitative estimate of drug-likeness (QED) is 0.559. The highest BCUT2D eigenvalue weighted by Crippen LogP contribution is 2.42. The highest BCUT2D eigenvalue weighted by Gasteiger charge is 2.42. The Bertz CT molecular complexity index is 1140. The number of fused-ring (bicyclic) bond motifs is 1. The minimum Gasteiger partial charge on any atom is -0.493 e. The summed E-state index contributed by atoms with van der Waals surface area (Å²) in [4.78, 5) is 31.0. The normalized spacial score (nSPS) is 14.5. The van der Waals surface area contributed by atoms with Gasteiger partial charge in [0.1, 0.15) is 5.75 Å². The van der Waals surface area contributed by atoms with Gasteiger partial charge in [-0.05, 0) is 55.8 Å². The lowest BCUT2D eigenvalue weighted by Gasteiger charge is -2.16. The summed E-state index contributed by atoms with van der Waals surface area (Å²) < 4.78 is 5.56.